The lowest BCUT2D eigenvalue weighted by Gasteiger charge is -2.35. The number of aromatic nitrogens is 4. The van der Waals surface area contributed by atoms with Crippen LogP contribution < -0.4 is 5.32 Å². The molecule has 0 radical (unpaired) electrons. The van der Waals surface area contributed by atoms with Gasteiger partial charge >= 0.3 is 12.1 Å². The highest BCUT2D eigenvalue weighted by molar-refractivity contribution is 7.17. The molecule has 1 aliphatic rings. The van der Waals surface area contributed by atoms with E-state index in [4.69, 9.17) is 4.74 Å². The van der Waals surface area contributed by atoms with Crippen LogP contribution in [0.2, 0.25) is 0 Å². The minimum atomic E-state index is -4.75. The Kier molecular flexibility index (Phi) is 5.97. The van der Waals surface area contributed by atoms with Gasteiger partial charge in [-0.15, -0.1) is 11.3 Å². The van der Waals surface area contributed by atoms with E-state index in [2.05, 4.69) is 25.1 Å². The molecule has 1 saturated heterocycles. The molecule has 1 unspecified atom stereocenters. The van der Waals surface area contributed by atoms with Crippen molar-refractivity contribution >= 4 is 23.2 Å². The molecule has 1 atom stereocenters. The highest BCUT2D eigenvalue weighted by Crippen LogP contribution is 2.31. The number of rotatable bonds is 5. The molecule has 0 aliphatic carbocycles. The molecule has 4 heterocycles. The average Bonchev–Trinajstić information content (AvgIpc) is 3.51. The van der Waals surface area contributed by atoms with E-state index in [1.54, 1.807) is 24.2 Å². The average molecular weight is 470 g/mol. The molecular formula is C18H17F3N6O4S. The SMILES string of the molecule is Cn1ccc(C(=O)N2CCOCC2CNC(=O)c2ccc(-c3noc(C(F)(F)F)n3)s2)n1. The summed E-state index contributed by atoms with van der Waals surface area (Å²) in [6.07, 6.45) is -3.08. The molecule has 170 valence electrons. The summed E-state index contributed by atoms with van der Waals surface area (Å²) in [5.74, 6) is -2.42. The Bertz CT molecular complexity index is 1120. The van der Waals surface area contributed by atoms with E-state index in [1.165, 1.54) is 16.8 Å². The summed E-state index contributed by atoms with van der Waals surface area (Å²) in [4.78, 5) is 30.7. The second-order valence-corrected chi connectivity index (χ2v) is 7.98. The largest absolute Gasteiger partial charge is 0.471 e. The number of nitrogens with one attached hydrogen (secondary N) is 1. The van der Waals surface area contributed by atoms with Crippen molar-refractivity contribution in [3.05, 3.63) is 40.9 Å². The molecule has 14 heteroatoms. The first-order chi connectivity index (χ1) is 15.2. The number of nitrogens with zero attached hydrogens (tertiary/aromatic N) is 5. The van der Waals surface area contributed by atoms with E-state index in [0.717, 1.165) is 11.3 Å². The maximum absolute atomic E-state index is 12.8. The summed E-state index contributed by atoms with van der Waals surface area (Å²) in [5, 5.41) is 10.2. The summed E-state index contributed by atoms with van der Waals surface area (Å²) in [6.45, 7) is 1.11. The molecule has 3 aromatic rings. The van der Waals surface area contributed by atoms with E-state index < -0.39 is 24.0 Å². The van der Waals surface area contributed by atoms with Gasteiger partial charge in [0.25, 0.3) is 11.8 Å². The first-order valence-corrected chi connectivity index (χ1v) is 10.2. The van der Waals surface area contributed by atoms with Crippen molar-refractivity contribution in [2.45, 2.75) is 12.2 Å². The van der Waals surface area contributed by atoms with E-state index >= 15 is 0 Å². The van der Waals surface area contributed by atoms with Crippen LogP contribution in [-0.4, -0.2) is 69.0 Å². The summed E-state index contributed by atoms with van der Waals surface area (Å²) >= 11 is 0.922. The molecular weight excluding hydrogens is 453 g/mol. The lowest BCUT2D eigenvalue weighted by atomic mass is 10.2. The van der Waals surface area contributed by atoms with Crippen LogP contribution >= 0.6 is 11.3 Å². The molecule has 0 bridgehead atoms. The fourth-order valence-corrected chi connectivity index (χ4v) is 3.93. The van der Waals surface area contributed by atoms with Crippen molar-refractivity contribution in [3.63, 3.8) is 0 Å². The molecule has 0 saturated carbocycles. The maximum Gasteiger partial charge on any atom is 0.471 e. The Morgan fingerprint density at radius 3 is 2.81 bits per heavy atom. The smallest absolute Gasteiger partial charge is 0.377 e. The number of aryl methyl sites for hydroxylation is 1. The summed E-state index contributed by atoms with van der Waals surface area (Å²) < 4.78 is 49.1. The molecule has 0 aromatic carbocycles. The van der Waals surface area contributed by atoms with Crippen molar-refractivity contribution in [2.75, 3.05) is 26.3 Å². The van der Waals surface area contributed by atoms with E-state index in [0.29, 0.717) is 18.8 Å². The normalized spacial score (nSPS) is 16.9. The van der Waals surface area contributed by atoms with Gasteiger partial charge in [0.05, 0.1) is 29.0 Å². The van der Waals surface area contributed by atoms with Crippen LogP contribution in [0.15, 0.2) is 28.9 Å². The summed E-state index contributed by atoms with van der Waals surface area (Å²) in [5.41, 5.74) is 0.298. The van der Waals surface area contributed by atoms with Crippen molar-refractivity contribution in [2.24, 2.45) is 7.05 Å². The fraction of sp³-hybridized carbons (Fsp3) is 0.389. The van der Waals surface area contributed by atoms with Gasteiger partial charge in [0, 0.05) is 26.3 Å². The number of ether oxygens (including phenoxy) is 1. The number of carbonyl (C=O) groups excluding carboxylic acids is 2. The van der Waals surface area contributed by atoms with Gasteiger partial charge in [0.15, 0.2) is 0 Å². The maximum atomic E-state index is 12.8. The number of hydrogen-bond acceptors (Lipinski definition) is 8. The molecule has 0 spiro atoms. The zero-order valence-electron chi connectivity index (χ0n) is 16.6. The third-order valence-corrected chi connectivity index (χ3v) is 5.72. The second kappa shape index (κ2) is 8.70. The Balaban J connectivity index is 1.39. The van der Waals surface area contributed by atoms with E-state index in [9.17, 15) is 22.8 Å². The van der Waals surface area contributed by atoms with Gasteiger partial charge in [-0.2, -0.15) is 23.3 Å². The molecule has 10 nitrogen and oxygen atoms in total. The minimum absolute atomic E-state index is 0.130. The van der Waals surface area contributed by atoms with Crippen LogP contribution in [0.3, 0.4) is 0 Å². The van der Waals surface area contributed by atoms with Gasteiger partial charge in [-0.25, -0.2) is 0 Å². The number of hydrogen-bond donors (Lipinski definition) is 1. The van der Waals surface area contributed by atoms with Gasteiger partial charge in [-0.1, -0.05) is 5.16 Å². The van der Waals surface area contributed by atoms with Crippen molar-refractivity contribution in [1.29, 1.82) is 0 Å². The van der Waals surface area contributed by atoms with Gasteiger partial charge in [-0.05, 0) is 18.2 Å². The summed E-state index contributed by atoms with van der Waals surface area (Å²) in [7, 11) is 1.71. The van der Waals surface area contributed by atoms with Crippen LogP contribution in [0.4, 0.5) is 13.2 Å². The first kappa shape index (κ1) is 22.0. The second-order valence-electron chi connectivity index (χ2n) is 6.90. The Hall–Kier alpha value is -3.26. The Labute approximate surface area is 182 Å². The predicted molar refractivity (Wildman–Crippen MR) is 104 cm³/mol. The monoisotopic (exact) mass is 470 g/mol. The zero-order chi connectivity index (χ0) is 22.9. The van der Waals surface area contributed by atoms with Crippen LogP contribution in [0.25, 0.3) is 10.7 Å². The van der Waals surface area contributed by atoms with Gasteiger partial charge in [0.1, 0.15) is 5.69 Å². The topological polar surface area (TPSA) is 115 Å². The highest BCUT2D eigenvalue weighted by Gasteiger charge is 2.38. The van der Waals surface area contributed by atoms with Crippen LogP contribution in [0.1, 0.15) is 26.1 Å². The van der Waals surface area contributed by atoms with Crippen LogP contribution in [0, 0.1) is 0 Å². The summed E-state index contributed by atoms with van der Waals surface area (Å²) in [6, 6.07) is 4.11. The van der Waals surface area contributed by atoms with Crippen LogP contribution in [-0.2, 0) is 18.0 Å². The number of thiophene rings is 1. The molecule has 2 amide bonds. The number of carbonyl (C=O) groups is 2. The van der Waals surface area contributed by atoms with Crippen molar-refractivity contribution in [1.82, 2.24) is 30.1 Å². The molecule has 4 rings (SSSR count). The molecule has 1 N–H and O–H groups in total. The van der Waals surface area contributed by atoms with Gasteiger partial charge in [0.2, 0.25) is 5.82 Å². The first-order valence-electron chi connectivity index (χ1n) is 9.40. The number of halogens is 3. The Morgan fingerprint density at radius 1 is 1.31 bits per heavy atom. The lowest BCUT2D eigenvalue weighted by molar-refractivity contribution is -0.159. The number of amides is 2. The zero-order valence-corrected chi connectivity index (χ0v) is 17.4. The fourth-order valence-electron chi connectivity index (χ4n) is 3.08. The van der Waals surface area contributed by atoms with E-state index in [-0.39, 0.29) is 34.6 Å². The molecule has 1 aliphatic heterocycles. The van der Waals surface area contributed by atoms with Gasteiger partial charge < -0.3 is 19.5 Å². The standard InChI is InChI=1S/C18H17F3N6O4S/c1-26-5-4-11(24-26)16(29)27-6-7-30-9-10(27)8-22-15(28)13-3-2-12(32-13)14-23-17(31-25-14)18(19,20)21/h2-5,10H,6-9H2,1H3,(H,22,28). The lowest BCUT2D eigenvalue weighted by Crippen LogP contribution is -2.53. The molecule has 32 heavy (non-hydrogen) atoms. The Morgan fingerprint density at radius 2 is 2.12 bits per heavy atom. The van der Waals surface area contributed by atoms with Crippen molar-refractivity contribution in [3.8, 4) is 10.7 Å². The number of morpholine rings is 1. The van der Waals surface area contributed by atoms with E-state index in [1.807, 2.05) is 0 Å². The number of alkyl halides is 3. The molecule has 1 fully saturated rings. The van der Waals surface area contributed by atoms with Crippen LogP contribution in [0.5, 0.6) is 0 Å². The third-order valence-electron chi connectivity index (χ3n) is 4.64. The highest BCUT2D eigenvalue weighted by atomic mass is 32.1. The minimum Gasteiger partial charge on any atom is -0.377 e. The quantitative estimate of drug-likeness (QED) is 0.605. The van der Waals surface area contributed by atoms with Crippen molar-refractivity contribution < 1.29 is 32.0 Å². The molecule has 3 aromatic heterocycles. The third kappa shape index (κ3) is 4.65. The van der Waals surface area contributed by atoms with Gasteiger partial charge in [-0.3, -0.25) is 14.3 Å². The predicted octanol–water partition coefficient (Wildman–Crippen LogP) is 1.82.